The van der Waals surface area contributed by atoms with Gasteiger partial charge >= 0.3 is 5.69 Å². The van der Waals surface area contributed by atoms with Crippen molar-refractivity contribution in [1.82, 2.24) is 14.0 Å². The van der Waals surface area contributed by atoms with Crippen molar-refractivity contribution in [2.75, 3.05) is 18.4 Å². The summed E-state index contributed by atoms with van der Waals surface area (Å²) >= 11 is 0. The number of carbonyl (C=O) groups excluding carboxylic acids is 2. The number of likely N-dealkylation sites (tertiary alicyclic amines) is 1. The fourth-order valence-corrected chi connectivity index (χ4v) is 3.22. The molecule has 0 saturated carbocycles. The van der Waals surface area contributed by atoms with Crippen LogP contribution in [0.1, 0.15) is 28.8 Å². The molecule has 1 aromatic heterocycles. The number of benzene rings is 1. The standard InChI is InChI=1S/C19H22N4O4/c1-13-6-5-7-14(17(13)18(26)22-9-3-4-10-22)20-15(24)12-23-11-8-16(25)21(2)19(23)27/h5-8,11H,3-4,9-10,12H2,1-2H3,(H,20,24). The Morgan fingerprint density at radius 2 is 1.81 bits per heavy atom. The van der Waals surface area contributed by atoms with Gasteiger partial charge in [-0.2, -0.15) is 0 Å². The van der Waals surface area contributed by atoms with E-state index in [4.69, 9.17) is 0 Å². The summed E-state index contributed by atoms with van der Waals surface area (Å²) < 4.78 is 2.08. The molecule has 2 amide bonds. The van der Waals surface area contributed by atoms with Crippen molar-refractivity contribution in [3.63, 3.8) is 0 Å². The van der Waals surface area contributed by atoms with E-state index in [0.29, 0.717) is 24.3 Å². The second-order valence-electron chi connectivity index (χ2n) is 6.67. The van der Waals surface area contributed by atoms with Gasteiger partial charge in [0, 0.05) is 32.4 Å². The molecule has 142 valence electrons. The van der Waals surface area contributed by atoms with Crippen molar-refractivity contribution in [1.29, 1.82) is 0 Å². The van der Waals surface area contributed by atoms with Crippen LogP contribution in [0.5, 0.6) is 0 Å². The Morgan fingerprint density at radius 3 is 2.52 bits per heavy atom. The first-order valence-electron chi connectivity index (χ1n) is 8.83. The number of hydrogen-bond donors (Lipinski definition) is 1. The van der Waals surface area contributed by atoms with E-state index < -0.39 is 17.2 Å². The van der Waals surface area contributed by atoms with Crippen molar-refractivity contribution >= 4 is 17.5 Å². The molecule has 1 aromatic carbocycles. The molecule has 0 aliphatic carbocycles. The smallest absolute Gasteiger partial charge is 0.331 e. The molecule has 1 N–H and O–H groups in total. The van der Waals surface area contributed by atoms with Crippen LogP contribution in [0.25, 0.3) is 0 Å². The molecular weight excluding hydrogens is 348 g/mol. The first kappa shape index (κ1) is 18.6. The monoisotopic (exact) mass is 370 g/mol. The number of anilines is 1. The maximum Gasteiger partial charge on any atom is 0.331 e. The summed E-state index contributed by atoms with van der Waals surface area (Å²) in [5.41, 5.74) is 0.670. The Morgan fingerprint density at radius 1 is 1.11 bits per heavy atom. The van der Waals surface area contributed by atoms with E-state index in [1.165, 1.54) is 19.3 Å². The molecule has 0 bridgehead atoms. The fourth-order valence-electron chi connectivity index (χ4n) is 3.22. The Labute approximate surface area is 156 Å². The summed E-state index contributed by atoms with van der Waals surface area (Å²) in [6.45, 7) is 3.01. The van der Waals surface area contributed by atoms with E-state index in [2.05, 4.69) is 5.32 Å². The molecule has 27 heavy (non-hydrogen) atoms. The van der Waals surface area contributed by atoms with Crippen LogP contribution in [0, 0.1) is 6.92 Å². The number of carbonyl (C=O) groups is 2. The van der Waals surface area contributed by atoms with Gasteiger partial charge in [-0.25, -0.2) is 4.79 Å². The minimum absolute atomic E-state index is 0.0971. The first-order valence-corrected chi connectivity index (χ1v) is 8.83. The highest BCUT2D eigenvalue weighted by Gasteiger charge is 2.24. The van der Waals surface area contributed by atoms with Gasteiger partial charge in [-0.05, 0) is 31.4 Å². The van der Waals surface area contributed by atoms with Crippen LogP contribution in [0.3, 0.4) is 0 Å². The summed E-state index contributed by atoms with van der Waals surface area (Å²) in [6.07, 6.45) is 3.25. The van der Waals surface area contributed by atoms with Gasteiger partial charge in [-0.1, -0.05) is 12.1 Å². The molecule has 2 aromatic rings. The number of amides is 2. The zero-order valence-corrected chi connectivity index (χ0v) is 15.4. The Bertz CT molecular complexity index is 999. The lowest BCUT2D eigenvalue weighted by Crippen LogP contribution is -2.39. The summed E-state index contributed by atoms with van der Waals surface area (Å²) in [6, 6.07) is 6.50. The Kier molecular flexibility index (Phi) is 5.25. The van der Waals surface area contributed by atoms with Crippen molar-refractivity contribution < 1.29 is 9.59 Å². The van der Waals surface area contributed by atoms with Crippen LogP contribution in [0.15, 0.2) is 40.1 Å². The minimum Gasteiger partial charge on any atom is -0.339 e. The third-order valence-electron chi connectivity index (χ3n) is 4.73. The average molecular weight is 370 g/mol. The maximum absolute atomic E-state index is 12.8. The van der Waals surface area contributed by atoms with Gasteiger partial charge in [-0.3, -0.25) is 23.5 Å². The molecule has 8 nitrogen and oxygen atoms in total. The number of aryl methyl sites for hydroxylation is 1. The molecule has 0 spiro atoms. The molecule has 1 fully saturated rings. The molecule has 1 saturated heterocycles. The third-order valence-corrected chi connectivity index (χ3v) is 4.73. The normalized spacial score (nSPS) is 13.6. The predicted molar refractivity (Wildman–Crippen MR) is 101 cm³/mol. The van der Waals surface area contributed by atoms with Gasteiger partial charge in [0.05, 0.1) is 11.3 Å². The number of nitrogens with zero attached hydrogens (tertiary/aromatic N) is 3. The van der Waals surface area contributed by atoms with Crippen LogP contribution >= 0.6 is 0 Å². The van der Waals surface area contributed by atoms with Crippen LogP contribution < -0.4 is 16.6 Å². The molecule has 0 atom stereocenters. The number of nitrogens with one attached hydrogen (secondary N) is 1. The largest absolute Gasteiger partial charge is 0.339 e. The van der Waals surface area contributed by atoms with E-state index in [9.17, 15) is 19.2 Å². The van der Waals surface area contributed by atoms with E-state index in [1.807, 2.05) is 13.0 Å². The second kappa shape index (κ2) is 7.61. The van der Waals surface area contributed by atoms with Gasteiger partial charge in [0.15, 0.2) is 0 Å². The Balaban J connectivity index is 1.83. The number of hydrogen-bond acceptors (Lipinski definition) is 4. The number of aromatic nitrogens is 2. The third kappa shape index (κ3) is 3.84. The van der Waals surface area contributed by atoms with Crippen molar-refractivity contribution in [2.45, 2.75) is 26.3 Å². The van der Waals surface area contributed by atoms with Gasteiger partial charge < -0.3 is 10.2 Å². The lowest BCUT2D eigenvalue weighted by Gasteiger charge is -2.20. The van der Waals surface area contributed by atoms with Gasteiger partial charge in [0.1, 0.15) is 6.54 Å². The first-order chi connectivity index (χ1) is 12.9. The molecule has 0 radical (unpaired) electrons. The zero-order chi connectivity index (χ0) is 19.6. The van der Waals surface area contributed by atoms with E-state index in [0.717, 1.165) is 27.5 Å². The zero-order valence-electron chi connectivity index (χ0n) is 15.4. The van der Waals surface area contributed by atoms with Gasteiger partial charge in [0.2, 0.25) is 5.91 Å². The topological polar surface area (TPSA) is 93.4 Å². The van der Waals surface area contributed by atoms with E-state index >= 15 is 0 Å². The molecule has 0 unspecified atom stereocenters. The van der Waals surface area contributed by atoms with E-state index in [-0.39, 0.29) is 12.5 Å². The fraction of sp³-hybridized carbons (Fsp3) is 0.368. The van der Waals surface area contributed by atoms with E-state index in [1.54, 1.807) is 17.0 Å². The molecule has 3 rings (SSSR count). The summed E-state index contributed by atoms with van der Waals surface area (Å²) in [4.78, 5) is 50.6. The second-order valence-corrected chi connectivity index (χ2v) is 6.67. The predicted octanol–water partition coefficient (Wildman–Crippen LogP) is 0.730. The molecule has 1 aliphatic rings. The van der Waals surface area contributed by atoms with Crippen LogP contribution in [-0.4, -0.2) is 38.9 Å². The summed E-state index contributed by atoms with van der Waals surface area (Å²) in [5.74, 6) is -0.544. The Hall–Kier alpha value is -3.16. The SMILES string of the molecule is Cc1cccc(NC(=O)Cn2ccc(=O)n(C)c2=O)c1C(=O)N1CCCC1. The highest BCUT2D eigenvalue weighted by atomic mass is 16.2. The van der Waals surface area contributed by atoms with Crippen LogP contribution in [-0.2, 0) is 18.4 Å². The molecule has 8 heteroatoms. The van der Waals surface area contributed by atoms with Gasteiger partial charge in [0.25, 0.3) is 11.5 Å². The molecule has 1 aliphatic heterocycles. The summed E-state index contributed by atoms with van der Waals surface area (Å²) in [5, 5.41) is 2.73. The minimum atomic E-state index is -0.574. The lowest BCUT2D eigenvalue weighted by atomic mass is 10.0. The van der Waals surface area contributed by atoms with Gasteiger partial charge in [-0.15, -0.1) is 0 Å². The number of rotatable bonds is 4. The van der Waals surface area contributed by atoms with Crippen LogP contribution in [0.2, 0.25) is 0 Å². The highest BCUT2D eigenvalue weighted by molar-refractivity contribution is 6.04. The quantitative estimate of drug-likeness (QED) is 0.859. The van der Waals surface area contributed by atoms with Crippen LogP contribution in [0.4, 0.5) is 5.69 Å². The highest BCUT2D eigenvalue weighted by Crippen LogP contribution is 2.23. The maximum atomic E-state index is 12.8. The lowest BCUT2D eigenvalue weighted by molar-refractivity contribution is -0.116. The van der Waals surface area contributed by atoms with Crippen molar-refractivity contribution in [3.8, 4) is 0 Å². The average Bonchev–Trinajstić information content (AvgIpc) is 3.17. The summed E-state index contributed by atoms with van der Waals surface area (Å²) in [7, 11) is 1.35. The molecule has 2 heterocycles. The molecular formula is C19H22N4O4. The van der Waals surface area contributed by atoms with Crippen molar-refractivity contribution in [2.24, 2.45) is 7.05 Å². The van der Waals surface area contributed by atoms with Crippen molar-refractivity contribution in [3.05, 3.63) is 62.4 Å².